The van der Waals surface area contributed by atoms with Gasteiger partial charge in [-0.3, -0.25) is 0 Å². The molecule has 0 aliphatic rings. The van der Waals surface area contributed by atoms with Gasteiger partial charge in [-0.1, -0.05) is 39.8 Å². The van der Waals surface area contributed by atoms with Crippen molar-refractivity contribution in [2.75, 3.05) is 0 Å². The summed E-state index contributed by atoms with van der Waals surface area (Å²) >= 11 is 1.76. The summed E-state index contributed by atoms with van der Waals surface area (Å²) in [7, 11) is 0. The number of benzene rings is 1. The molecule has 0 fully saturated rings. The van der Waals surface area contributed by atoms with Crippen LogP contribution in [0, 0.1) is 5.82 Å². The molecule has 0 amide bonds. The number of hydrogen-bond acceptors (Lipinski definition) is 3. The molecule has 0 saturated carbocycles. The lowest BCUT2D eigenvalue weighted by molar-refractivity contribution is 0.588. The third kappa shape index (κ3) is 4.61. The standard InChI is InChI=1S/C17H23FN2S/c1-11(2)17-15(10-19-12(3)4)21-16(20-17)9-13-5-7-14(18)8-6-13/h5-8,11-12,19H,9-10H2,1-4H3. The minimum Gasteiger partial charge on any atom is -0.310 e. The van der Waals surface area contributed by atoms with E-state index in [1.165, 1.54) is 22.7 Å². The maximum atomic E-state index is 13.0. The normalized spacial score (nSPS) is 11.6. The van der Waals surface area contributed by atoms with E-state index in [-0.39, 0.29) is 5.82 Å². The highest BCUT2D eigenvalue weighted by molar-refractivity contribution is 7.11. The highest BCUT2D eigenvalue weighted by Gasteiger charge is 2.14. The first-order valence-electron chi connectivity index (χ1n) is 7.42. The molecule has 0 bridgehead atoms. The van der Waals surface area contributed by atoms with Crippen molar-refractivity contribution in [1.29, 1.82) is 0 Å². The second-order valence-electron chi connectivity index (χ2n) is 5.91. The average molecular weight is 306 g/mol. The lowest BCUT2D eigenvalue weighted by atomic mass is 10.1. The molecule has 114 valence electrons. The second-order valence-corrected chi connectivity index (χ2v) is 7.08. The maximum Gasteiger partial charge on any atom is 0.123 e. The molecule has 1 heterocycles. The molecule has 0 unspecified atom stereocenters. The molecule has 2 rings (SSSR count). The SMILES string of the molecule is CC(C)NCc1sc(Cc2ccc(F)cc2)nc1C(C)C. The molecule has 0 aliphatic heterocycles. The molecule has 2 aromatic rings. The first kappa shape index (κ1) is 16.1. The van der Waals surface area contributed by atoms with Gasteiger partial charge in [0.05, 0.1) is 10.7 Å². The van der Waals surface area contributed by atoms with Crippen LogP contribution < -0.4 is 5.32 Å². The average Bonchev–Trinajstić information content (AvgIpc) is 2.82. The van der Waals surface area contributed by atoms with Gasteiger partial charge in [0.1, 0.15) is 5.82 Å². The van der Waals surface area contributed by atoms with Crippen molar-refractivity contribution in [3.05, 3.63) is 51.2 Å². The van der Waals surface area contributed by atoms with Crippen molar-refractivity contribution in [2.24, 2.45) is 0 Å². The monoisotopic (exact) mass is 306 g/mol. The Morgan fingerprint density at radius 3 is 2.38 bits per heavy atom. The van der Waals surface area contributed by atoms with Crippen LogP contribution in [-0.2, 0) is 13.0 Å². The van der Waals surface area contributed by atoms with E-state index in [0.717, 1.165) is 23.5 Å². The Morgan fingerprint density at radius 2 is 1.81 bits per heavy atom. The van der Waals surface area contributed by atoms with Gasteiger partial charge in [0.15, 0.2) is 0 Å². The van der Waals surface area contributed by atoms with Gasteiger partial charge in [0.2, 0.25) is 0 Å². The first-order valence-corrected chi connectivity index (χ1v) is 8.23. The van der Waals surface area contributed by atoms with E-state index in [9.17, 15) is 4.39 Å². The van der Waals surface area contributed by atoms with Crippen molar-refractivity contribution >= 4 is 11.3 Å². The highest BCUT2D eigenvalue weighted by atomic mass is 32.1. The Balaban J connectivity index is 2.16. The van der Waals surface area contributed by atoms with Crippen LogP contribution in [0.15, 0.2) is 24.3 Å². The van der Waals surface area contributed by atoms with Crippen LogP contribution in [0.3, 0.4) is 0 Å². The minimum atomic E-state index is -0.192. The topological polar surface area (TPSA) is 24.9 Å². The molecule has 0 spiro atoms. The molecule has 1 aromatic carbocycles. The molecule has 0 atom stereocenters. The van der Waals surface area contributed by atoms with Crippen molar-refractivity contribution in [1.82, 2.24) is 10.3 Å². The Morgan fingerprint density at radius 1 is 1.14 bits per heavy atom. The molecule has 4 heteroatoms. The summed E-state index contributed by atoms with van der Waals surface area (Å²) in [5.41, 5.74) is 2.29. The molecular formula is C17H23FN2S. The van der Waals surface area contributed by atoms with E-state index in [1.807, 2.05) is 12.1 Å². The van der Waals surface area contributed by atoms with Crippen LogP contribution in [-0.4, -0.2) is 11.0 Å². The summed E-state index contributed by atoms with van der Waals surface area (Å²) in [5, 5.41) is 4.57. The predicted molar refractivity (Wildman–Crippen MR) is 87.4 cm³/mol. The number of rotatable bonds is 6. The minimum absolute atomic E-state index is 0.192. The molecular weight excluding hydrogens is 283 g/mol. The van der Waals surface area contributed by atoms with E-state index in [0.29, 0.717) is 12.0 Å². The summed E-state index contributed by atoms with van der Waals surface area (Å²) in [4.78, 5) is 6.11. The maximum absolute atomic E-state index is 13.0. The molecule has 0 aliphatic carbocycles. The fourth-order valence-electron chi connectivity index (χ4n) is 2.14. The van der Waals surface area contributed by atoms with Crippen LogP contribution in [0.5, 0.6) is 0 Å². The Hall–Kier alpha value is -1.26. The quantitative estimate of drug-likeness (QED) is 0.850. The van der Waals surface area contributed by atoms with Gasteiger partial charge in [-0.15, -0.1) is 11.3 Å². The smallest absolute Gasteiger partial charge is 0.123 e. The van der Waals surface area contributed by atoms with E-state index >= 15 is 0 Å². The van der Waals surface area contributed by atoms with Crippen molar-refractivity contribution < 1.29 is 4.39 Å². The fraction of sp³-hybridized carbons (Fsp3) is 0.471. The van der Waals surface area contributed by atoms with Gasteiger partial charge < -0.3 is 5.32 Å². The van der Waals surface area contributed by atoms with Crippen molar-refractivity contribution in [3.8, 4) is 0 Å². The zero-order chi connectivity index (χ0) is 15.4. The number of nitrogens with zero attached hydrogens (tertiary/aromatic N) is 1. The Bertz CT molecular complexity index is 573. The number of thiazole rings is 1. The number of hydrogen-bond donors (Lipinski definition) is 1. The number of aromatic nitrogens is 1. The summed E-state index contributed by atoms with van der Waals surface area (Å²) in [6.07, 6.45) is 0.770. The largest absolute Gasteiger partial charge is 0.310 e. The van der Waals surface area contributed by atoms with Gasteiger partial charge in [-0.25, -0.2) is 9.37 Å². The van der Waals surface area contributed by atoms with Crippen molar-refractivity contribution in [2.45, 2.75) is 52.6 Å². The molecule has 21 heavy (non-hydrogen) atoms. The lowest BCUT2D eigenvalue weighted by Gasteiger charge is -2.09. The summed E-state index contributed by atoms with van der Waals surface area (Å²) < 4.78 is 13.0. The van der Waals surface area contributed by atoms with Crippen LogP contribution >= 0.6 is 11.3 Å². The van der Waals surface area contributed by atoms with Gasteiger partial charge in [0.25, 0.3) is 0 Å². The van der Waals surface area contributed by atoms with Gasteiger partial charge in [-0.2, -0.15) is 0 Å². The zero-order valence-electron chi connectivity index (χ0n) is 13.1. The van der Waals surface area contributed by atoms with E-state index in [4.69, 9.17) is 4.98 Å². The van der Waals surface area contributed by atoms with Crippen LogP contribution in [0.25, 0.3) is 0 Å². The van der Waals surface area contributed by atoms with E-state index in [2.05, 4.69) is 33.0 Å². The third-order valence-electron chi connectivity index (χ3n) is 3.26. The second kappa shape index (κ2) is 7.14. The fourth-order valence-corrected chi connectivity index (χ4v) is 3.35. The zero-order valence-corrected chi connectivity index (χ0v) is 13.9. The van der Waals surface area contributed by atoms with Gasteiger partial charge in [0, 0.05) is 23.9 Å². The Labute approximate surface area is 130 Å². The van der Waals surface area contributed by atoms with E-state index in [1.54, 1.807) is 11.3 Å². The molecule has 1 aromatic heterocycles. The highest BCUT2D eigenvalue weighted by Crippen LogP contribution is 2.26. The molecule has 1 N–H and O–H groups in total. The third-order valence-corrected chi connectivity index (χ3v) is 4.33. The van der Waals surface area contributed by atoms with Crippen LogP contribution in [0.2, 0.25) is 0 Å². The van der Waals surface area contributed by atoms with E-state index < -0.39 is 0 Å². The lowest BCUT2D eigenvalue weighted by Crippen LogP contribution is -2.22. The first-order chi connectivity index (χ1) is 9.95. The molecule has 0 saturated heterocycles. The molecule has 2 nitrogen and oxygen atoms in total. The van der Waals surface area contributed by atoms with Gasteiger partial charge in [-0.05, 0) is 23.6 Å². The number of nitrogens with one attached hydrogen (secondary N) is 1. The van der Waals surface area contributed by atoms with Crippen LogP contribution in [0.1, 0.15) is 54.8 Å². The van der Waals surface area contributed by atoms with Crippen LogP contribution in [0.4, 0.5) is 4.39 Å². The summed E-state index contributed by atoms with van der Waals surface area (Å²) in [6.45, 7) is 9.52. The molecule has 0 radical (unpaired) electrons. The Kier molecular flexibility index (Phi) is 5.48. The summed E-state index contributed by atoms with van der Waals surface area (Å²) in [6, 6.07) is 7.14. The van der Waals surface area contributed by atoms with Gasteiger partial charge >= 0.3 is 0 Å². The predicted octanol–water partition coefficient (Wildman–Crippen LogP) is 4.49. The number of halogens is 1. The van der Waals surface area contributed by atoms with Crippen molar-refractivity contribution in [3.63, 3.8) is 0 Å². The summed E-state index contributed by atoms with van der Waals surface area (Å²) in [5.74, 6) is 0.231.